The van der Waals surface area contributed by atoms with Crippen LogP contribution in [-0.2, 0) is 4.79 Å². The van der Waals surface area contributed by atoms with Crippen molar-refractivity contribution in [3.05, 3.63) is 65.2 Å². The van der Waals surface area contributed by atoms with Crippen LogP contribution in [-0.4, -0.2) is 36.9 Å². The molecule has 2 aliphatic heterocycles. The molecule has 4 rings (SSSR count). The summed E-state index contributed by atoms with van der Waals surface area (Å²) in [6.45, 7) is 1.37. The van der Waals surface area contributed by atoms with Crippen molar-refractivity contribution in [3.63, 3.8) is 0 Å². The summed E-state index contributed by atoms with van der Waals surface area (Å²) >= 11 is 0. The molecule has 7 nitrogen and oxygen atoms in total. The lowest BCUT2D eigenvalue weighted by Gasteiger charge is -2.21. The zero-order valence-electron chi connectivity index (χ0n) is 16.1. The predicted octanol–water partition coefficient (Wildman–Crippen LogP) is 1.75. The quantitative estimate of drug-likeness (QED) is 0.721. The van der Waals surface area contributed by atoms with Gasteiger partial charge < -0.3 is 21.3 Å². The van der Waals surface area contributed by atoms with Crippen LogP contribution in [0.15, 0.2) is 48.5 Å². The van der Waals surface area contributed by atoms with E-state index in [0.29, 0.717) is 24.1 Å². The smallest absolute Gasteiger partial charge is 0.251 e. The Hall–Kier alpha value is -3.35. The summed E-state index contributed by atoms with van der Waals surface area (Å²) in [5.74, 6) is -0.505. The van der Waals surface area contributed by atoms with E-state index >= 15 is 0 Å². The highest BCUT2D eigenvalue weighted by Crippen LogP contribution is 2.25. The number of primary amides is 1. The van der Waals surface area contributed by atoms with Gasteiger partial charge in [0, 0.05) is 36.8 Å². The highest BCUT2D eigenvalue weighted by Gasteiger charge is 2.27. The van der Waals surface area contributed by atoms with Crippen LogP contribution in [0, 0.1) is 0 Å². The predicted molar refractivity (Wildman–Crippen MR) is 110 cm³/mol. The maximum Gasteiger partial charge on any atom is 0.251 e. The standard InChI is InChI=1S/C22H24N4O3/c23-21(28)17-3-1-2-4-19(17)26-12-11-16(13-26)24-22(29)15-7-5-14(6-8-15)18-9-10-20(27)25-18/h1-8,16,18H,9-13H2,(H2,23,28)(H,24,29)(H,25,27). The average molecular weight is 392 g/mol. The number of nitrogens with zero attached hydrogens (tertiary/aromatic N) is 1. The summed E-state index contributed by atoms with van der Waals surface area (Å²) in [4.78, 5) is 37.8. The molecule has 0 spiro atoms. The van der Waals surface area contributed by atoms with Gasteiger partial charge in [0.2, 0.25) is 5.91 Å². The lowest BCUT2D eigenvalue weighted by Crippen LogP contribution is -2.37. The first kappa shape index (κ1) is 19.0. The Labute approximate surface area is 169 Å². The Morgan fingerprint density at radius 1 is 1.07 bits per heavy atom. The molecule has 0 bridgehead atoms. The molecule has 2 fully saturated rings. The number of benzene rings is 2. The van der Waals surface area contributed by atoms with Gasteiger partial charge in [0.15, 0.2) is 0 Å². The number of carbonyl (C=O) groups is 3. The van der Waals surface area contributed by atoms with Crippen molar-refractivity contribution in [1.82, 2.24) is 10.6 Å². The van der Waals surface area contributed by atoms with E-state index in [1.54, 1.807) is 24.3 Å². The molecule has 2 atom stereocenters. The summed E-state index contributed by atoms with van der Waals surface area (Å²) in [6.07, 6.45) is 2.13. The Morgan fingerprint density at radius 3 is 2.52 bits per heavy atom. The maximum atomic E-state index is 12.6. The Balaban J connectivity index is 1.37. The number of para-hydroxylation sites is 1. The van der Waals surface area contributed by atoms with Crippen LogP contribution in [0.2, 0.25) is 0 Å². The third-order valence-electron chi connectivity index (χ3n) is 5.60. The first-order valence-corrected chi connectivity index (χ1v) is 9.85. The van der Waals surface area contributed by atoms with E-state index in [-0.39, 0.29) is 23.9 Å². The fourth-order valence-corrected chi connectivity index (χ4v) is 4.05. The summed E-state index contributed by atoms with van der Waals surface area (Å²) in [6, 6.07) is 14.7. The number of hydrogen-bond donors (Lipinski definition) is 3. The SMILES string of the molecule is NC(=O)c1ccccc1N1CCC(NC(=O)c2ccc(C3CCC(=O)N3)cc2)C1. The van der Waals surface area contributed by atoms with Crippen LogP contribution in [0.3, 0.4) is 0 Å². The van der Waals surface area contributed by atoms with Gasteiger partial charge in [-0.2, -0.15) is 0 Å². The van der Waals surface area contributed by atoms with Crippen LogP contribution in [0.1, 0.15) is 51.6 Å². The Bertz CT molecular complexity index is 941. The van der Waals surface area contributed by atoms with E-state index in [9.17, 15) is 14.4 Å². The lowest BCUT2D eigenvalue weighted by molar-refractivity contribution is -0.119. The Morgan fingerprint density at radius 2 is 1.83 bits per heavy atom. The molecular formula is C22H24N4O3. The molecule has 0 saturated carbocycles. The molecule has 0 radical (unpaired) electrons. The third kappa shape index (κ3) is 4.08. The first-order chi connectivity index (χ1) is 14.0. The van der Waals surface area contributed by atoms with E-state index in [1.807, 2.05) is 24.3 Å². The van der Waals surface area contributed by atoms with Gasteiger partial charge >= 0.3 is 0 Å². The van der Waals surface area contributed by atoms with Gasteiger partial charge in [0.25, 0.3) is 11.8 Å². The number of carbonyl (C=O) groups excluding carboxylic acids is 3. The summed E-state index contributed by atoms with van der Waals surface area (Å²) in [5, 5.41) is 6.01. The van der Waals surface area contributed by atoms with Gasteiger partial charge in [-0.15, -0.1) is 0 Å². The molecule has 150 valence electrons. The van der Waals surface area contributed by atoms with Gasteiger partial charge in [-0.25, -0.2) is 0 Å². The second-order valence-corrected chi connectivity index (χ2v) is 7.57. The van der Waals surface area contributed by atoms with Crippen LogP contribution in [0.5, 0.6) is 0 Å². The van der Waals surface area contributed by atoms with E-state index in [1.165, 1.54) is 0 Å². The molecule has 2 unspecified atom stereocenters. The molecule has 7 heteroatoms. The van der Waals surface area contributed by atoms with Crippen LogP contribution < -0.4 is 21.3 Å². The van der Waals surface area contributed by atoms with Crippen molar-refractivity contribution >= 4 is 23.4 Å². The largest absolute Gasteiger partial charge is 0.369 e. The van der Waals surface area contributed by atoms with Crippen molar-refractivity contribution in [2.24, 2.45) is 5.73 Å². The van der Waals surface area contributed by atoms with Crippen molar-refractivity contribution in [1.29, 1.82) is 0 Å². The zero-order chi connectivity index (χ0) is 20.4. The minimum atomic E-state index is -0.452. The van der Waals surface area contributed by atoms with Crippen molar-refractivity contribution in [2.75, 3.05) is 18.0 Å². The molecule has 0 aromatic heterocycles. The van der Waals surface area contributed by atoms with Crippen molar-refractivity contribution in [2.45, 2.75) is 31.3 Å². The lowest BCUT2D eigenvalue weighted by atomic mass is 10.0. The summed E-state index contributed by atoms with van der Waals surface area (Å²) in [5.41, 5.74) is 8.39. The highest BCUT2D eigenvalue weighted by atomic mass is 16.2. The number of nitrogens with two attached hydrogens (primary N) is 1. The van der Waals surface area contributed by atoms with Gasteiger partial charge in [-0.05, 0) is 42.7 Å². The first-order valence-electron chi connectivity index (χ1n) is 9.85. The zero-order valence-corrected chi connectivity index (χ0v) is 16.1. The van der Waals surface area contributed by atoms with Gasteiger partial charge in [0.1, 0.15) is 0 Å². The van der Waals surface area contributed by atoms with Crippen molar-refractivity contribution in [3.8, 4) is 0 Å². The van der Waals surface area contributed by atoms with E-state index < -0.39 is 5.91 Å². The minimum Gasteiger partial charge on any atom is -0.369 e. The summed E-state index contributed by atoms with van der Waals surface area (Å²) < 4.78 is 0. The van der Waals surface area contributed by atoms with Gasteiger partial charge in [-0.3, -0.25) is 14.4 Å². The van der Waals surface area contributed by atoms with Gasteiger partial charge in [0.05, 0.1) is 11.6 Å². The highest BCUT2D eigenvalue weighted by molar-refractivity contribution is 5.99. The minimum absolute atomic E-state index is 0.00257. The number of amides is 3. The van der Waals surface area contributed by atoms with Crippen LogP contribution >= 0.6 is 0 Å². The average Bonchev–Trinajstić information content (AvgIpc) is 3.37. The molecule has 0 aliphatic carbocycles. The fourth-order valence-electron chi connectivity index (χ4n) is 4.05. The molecule has 4 N–H and O–H groups in total. The van der Waals surface area contributed by atoms with Crippen LogP contribution in [0.25, 0.3) is 0 Å². The second-order valence-electron chi connectivity index (χ2n) is 7.57. The molecule has 2 aliphatic rings. The molecule has 2 heterocycles. The molecule has 2 aromatic rings. The topological polar surface area (TPSA) is 105 Å². The third-order valence-corrected chi connectivity index (χ3v) is 5.60. The molecule has 29 heavy (non-hydrogen) atoms. The number of nitrogens with one attached hydrogen (secondary N) is 2. The van der Waals surface area contributed by atoms with Gasteiger partial charge in [-0.1, -0.05) is 24.3 Å². The number of anilines is 1. The van der Waals surface area contributed by atoms with Crippen molar-refractivity contribution < 1.29 is 14.4 Å². The van der Waals surface area contributed by atoms with E-state index in [0.717, 1.165) is 30.6 Å². The fraction of sp³-hybridized carbons (Fsp3) is 0.318. The Kier molecular flexibility index (Phi) is 5.20. The molecule has 3 amide bonds. The normalized spacial score (nSPS) is 21.1. The number of hydrogen-bond acceptors (Lipinski definition) is 4. The van der Waals surface area contributed by atoms with Crippen LogP contribution in [0.4, 0.5) is 5.69 Å². The molecule has 2 saturated heterocycles. The second kappa shape index (κ2) is 7.95. The van der Waals surface area contributed by atoms with E-state index in [4.69, 9.17) is 5.73 Å². The summed E-state index contributed by atoms with van der Waals surface area (Å²) in [7, 11) is 0. The maximum absolute atomic E-state index is 12.6. The van der Waals surface area contributed by atoms with E-state index in [2.05, 4.69) is 15.5 Å². The monoisotopic (exact) mass is 392 g/mol. The molecular weight excluding hydrogens is 368 g/mol. The number of rotatable bonds is 5. The molecule has 2 aromatic carbocycles.